The lowest BCUT2D eigenvalue weighted by molar-refractivity contribution is -0.380. The second-order valence-electron chi connectivity index (χ2n) is 4.01. The van der Waals surface area contributed by atoms with Crippen molar-refractivity contribution in [2.75, 3.05) is 52.5 Å². The maximum Gasteiger partial charge on any atom is 0.296 e. The van der Waals surface area contributed by atoms with Crippen molar-refractivity contribution in [3.05, 3.63) is 0 Å². The first-order valence-corrected chi connectivity index (χ1v) is 6.61. The van der Waals surface area contributed by atoms with Crippen LogP contribution in [-0.4, -0.2) is 63.4 Å². The summed E-state index contributed by atoms with van der Waals surface area (Å²) in [5.41, 5.74) is 0. The largest absolute Gasteiger partial charge is 0.327 e. The molecule has 5 heteroatoms. The van der Waals surface area contributed by atoms with Crippen LogP contribution in [0.15, 0.2) is 0 Å². The Morgan fingerprint density at radius 1 is 0.941 bits per heavy atom. The monoisotopic (exact) mass is 246 g/mol. The highest BCUT2D eigenvalue weighted by atomic mass is 16.9. The molecule has 1 rings (SSSR count). The molecule has 0 atom stereocenters. The lowest BCUT2D eigenvalue weighted by Gasteiger charge is -2.38. The molecule has 1 N–H and O–H groups in total. The van der Waals surface area contributed by atoms with Crippen molar-refractivity contribution in [1.82, 2.24) is 10.2 Å². The summed E-state index contributed by atoms with van der Waals surface area (Å²) in [4.78, 5) is 2.32. The Labute approximate surface area is 104 Å². The van der Waals surface area contributed by atoms with Gasteiger partial charge in [-0.05, 0) is 20.8 Å². The van der Waals surface area contributed by atoms with Gasteiger partial charge in [0.1, 0.15) is 0 Å². The minimum Gasteiger partial charge on any atom is -0.327 e. The lowest BCUT2D eigenvalue weighted by atomic mass is 10.3. The number of nitrogens with one attached hydrogen (secondary N) is 1. The van der Waals surface area contributed by atoms with E-state index in [0.29, 0.717) is 26.4 Å². The smallest absolute Gasteiger partial charge is 0.296 e. The first kappa shape index (κ1) is 14.9. The van der Waals surface area contributed by atoms with E-state index >= 15 is 0 Å². The van der Waals surface area contributed by atoms with Crippen molar-refractivity contribution < 1.29 is 14.2 Å². The van der Waals surface area contributed by atoms with Crippen molar-refractivity contribution in [1.29, 1.82) is 0 Å². The summed E-state index contributed by atoms with van der Waals surface area (Å²) in [6, 6.07) is 0. The van der Waals surface area contributed by atoms with Crippen LogP contribution in [-0.2, 0) is 14.2 Å². The molecule has 0 radical (unpaired) electrons. The van der Waals surface area contributed by atoms with Crippen LogP contribution in [0.25, 0.3) is 0 Å². The minimum atomic E-state index is -0.893. The van der Waals surface area contributed by atoms with Crippen LogP contribution < -0.4 is 5.32 Å². The third kappa shape index (κ3) is 4.89. The van der Waals surface area contributed by atoms with Gasteiger partial charge in [-0.2, -0.15) is 0 Å². The SMILES string of the molecule is CCOC(CN1CCNCC1)(OCC)OCC. The summed E-state index contributed by atoms with van der Waals surface area (Å²) in [6.45, 7) is 12.4. The molecule has 1 aliphatic rings. The number of rotatable bonds is 8. The number of ether oxygens (including phenoxy) is 3. The molecule has 0 saturated carbocycles. The van der Waals surface area contributed by atoms with Crippen molar-refractivity contribution in [2.45, 2.75) is 26.7 Å². The molecule has 0 unspecified atom stereocenters. The van der Waals surface area contributed by atoms with Crippen LogP contribution in [0.5, 0.6) is 0 Å². The molecule has 1 saturated heterocycles. The fourth-order valence-electron chi connectivity index (χ4n) is 2.06. The van der Waals surface area contributed by atoms with E-state index in [1.807, 2.05) is 20.8 Å². The maximum atomic E-state index is 5.71. The zero-order chi connectivity index (χ0) is 12.6. The van der Waals surface area contributed by atoms with Gasteiger partial charge in [-0.1, -0.05) is 0 Å². The van der Waals surface area contributed by atoms with Crippen molar-refractivity contribution in [3.63, 3.8) is 0 Å². The van der Waals surface area contributed by atoms with E-state index in [1.165, 1.54) is 0 Å². The van der Waals surface area contributed by atoms with E-state index in [9.17, 15) is 0 Å². The molecule has 1 heterocycles. The number of hydrogen-bond donors (Lipinski definition) is 1. The molecule has 0 aromatic carbocycles. The van der Waals surface area contributed by atoms with Gasteiger partial charge in [0.25, 0.3) is 5.97 Å². The zero-order valence-corrected chi connectivity index (χ0v) is 11.3. The first-order chi connectivity index (χ1) is 8.26. The van der Waals surface area contributed by atoms with Gasteiger partial charge < -0.3 is 19.5 Å². The second-order valence-corrected chi connectivity index (χ2v) is 4.01. The molecular formula is C12H26N2O3. The molecule has 102 valence electrons. The molecule has 0 aromatic rings. The topological polar surface area (TPSA) is 43.0 Å². The van der Waals surface area contributed by atoms with E-state index in [1.54, 1.807) is 0 Å². The Hall–Kier alpha value is -0.200. The first-order valence-electron chi connectivity index (χ1n) is 6.61. The Balaban J connectivity index is 2.57. The van der Waals surface area contributed by atoms with Gasteiger partial charge in [-0.25, -0.2) is 0 Å². The zero-order valence-electron chi connectivity index (χ0n) is 11.3. The molecule has 1 aliphatic heterocycles. The minimum absolute atomic E-state index is 0.589. The van der Waals surface area contributed by atoms with Crippen LogP contribution in [0, 0.1) is 0 Å². The average Bonchev–Trinajstić information content (AvgIpc) is 2.31. The van der Waals surface area contributed by atoms with Crippen LogP contribution >= 0.6 is 0 Å². The Bertz CT molecular complexity index is 179. The van der Waals surface area contributed by atoms with Gasteiger partial charge >= 0.3 is 0 Å². The fraction of sp³-hybridized carbons (Fsp3) is 1.00. The summed E-state index contributed by atoms with van der Waals surface area (Å²) in [5.74, 6) is -0.893. The highest BCUT2D eigenvalue weighted by Crippen LogP contribution is 2.18. The van der Waals surface area contributed by atoms with Gasteiger partial charge in [-0.3, -0.25) is 4.90 Å². The molecule has 0 aliphatic carbocycles. The van der Waals surface area contributed by atoms with Gasteiger partial charge in [-0.15, -0.1) is 0 Å². The van der Waals surface area contributed by atoms with Crippen LogP contribution in [0.1, 0.15) is 20.8 Å². The molecule has 0 spiro atoms. The normalized spacial score (nSPS) is 18.5. The second kappa shape index (κ2) is 8.00. The van der Waals surface area contributed by atoms with E-state index in [4.69, 9.17) is 14.2 Å². The predicted molar refractivity (Wildman–Crippen MR) is 66.9 cm³/mol. The van der Waals surface area contributed by atoms with Gasteiger partial charge in [0, 0.05) is 46.0 Å². The van der Waals surface area contributed by atoms with E-state index in [2.05, 4.69) is 10.2 Å². The summed E-state index contributed by atoms with van der Waals surface area (Å²) >= 11 is 0. The van der Waals surface area contributed by atoms with Crippen LogP contribution in [0.3, 0.4) is 0 Å². The predicted octanol–water partition coefficient (Wildman–Crippen LogP) is 0.655. The highest BCUT2D eigenvalue weighted by molar-refractivity contribution is 4.72. The van der Waals surface area contributed by atoms with Gasteiger partial charge in [0.2, 0.25) is 0 Å². The van der Waals surface area contributed by atoms with Crippen molar-refractivity contribution in [2.24, 2.45) is 0 Å². The average molecular weight is 246 g/mol. The number of hydrogen-bond acceptors (Lipinski definition) is 5. The molecule has 5 nitrogen and oxygen atoms in total. The maximum absolute atomic E-state index is 5.71. The summed E-state index contributed by atoms with van der Waals surface area (Å²) in [5, 5.41) is 3.33. The number of nitrogens with zero attached hydrogens (tertiary/aromatic N) is 1. The van der Waals surface area contributed by atoms with Gasteiger partial charge in [0.05, 0.1) is 6.54 Å². The molecule has 0 aromatic heterocycles. The number of piperazine rings is 1. The molecule has 0 bridgehead atoms. The van der Waals surface area contributed by atoms with Crippen molar-refractivity contribution in [3.8, 4) is 0 Å². The van der Waals surface area contributed by atoms with Crippen molar-refractivity contribution >= 4 is 0 Å². The standard InChI is InChI=1S/C12H26N2O3/c1-4-15-12(16-5-2,17-6-3)11-14-9-7-13-8-10-14/h13H,4-11H2,1-3H3. The van der Waals surface area contributed by atoms with E-state index in [-0.39, 0.29) is 0 Å². The van der Waals surface area contributed by atoms with E-state index < -0.39 is 5.97 Å². The summed E-state index contributed by atoms with van der Waals surface area (Å²) in [7, 11) is 0. The molecule has 0 amide bonds. The molecule has 1 fully saturated rings. The third-order valence-electron chi connectivity index (χ3n) is 2.72. The van der Waals surface area contributed by atoms with Gasteiger partial charge in [0.15, 0.2) is 0 Å². The third-order valence-corrected chi connectivity index (χ3v) is 2.72. The summed E-state index contributed by atoms with van der Waals surface area (Å²) < 4.78 is 17.1. The molecule has 17 heavy (non-hydrogen) atoms. The fourth-order valence-corrected chi connectivity index (χ4v) is 2.06. The Morgan fingerprint density at radius 3 is 1.82 bits per heavy atom. The lowest BCUT2D eigenvalue weighted by Crippen LogP contribution is -2.54. The van der Waals surface area contributed by atoms with Crippen LogP contribution in [0.4, 0.5) is 0 Å². The Morgan fingerprint density at radius 2 is 1.41 bits per heavy atom. The molecular weight excluding hydrogens is 220 g/mol. The quantitative estimate of drug-likeness (QED) is 0.637. The van der Waals surface area contributed by atoms with Crippen LogP contribution in [0.2, 0.25) is 0 Å². The Kier molecular flexibility index (Phi) is 6.99. The highest BCUT2D eigenvalue weighted by Gasteiger charge is 2.35. The summed E-state index contributed by atoms with van der Waals surface area (Å²) in [6.07, 6.45) is 0. The van der Waals surface area contributed by atoms with E-state index in [0.717, 1.165) is 26.2 Å².